The van der Waals surface area contributed by atoms with Crippen molar-refractivity contribution in [2.75, 3.05) is 40.3 Å². The molecule has 2 heterocycles. The van der Waals surface area contributed by atoms with Crippen LogP contribution in [0.3, 0.4) is 0 Å². The monoisotopic (exact) mass is 529 g/mol. The third-order valence-electron chi connectivity index (χ3n) is 6.88. The summed E-state index contributed by atoms with van der Waals surface area (Å²) in [4.78, 5) is 56.7. The lowest BCUT2D eigenvalue weighted by molar-refractivity contribution is -0.140. The lowest BCUT2D eigenvalue weighted by atomic mass is 10.0. The summed E-state index contributed by atoms with van der Waals surface area (Å²) in [6, 6.07) is 4.86. The molecule has 0 radical (unpaired) electrons. The Morgan fingerprint density at radius 3 is 2.66 bits per heavy atom. The van der Waals surface area contributed by atoms with Gasteiger partial charge >= 0.3 is 0 Å². The van der Waals surface area contributed by atoms with Crippen LogP contribution >= 0.6 is 0 Å². The first-order chi connectivity index (χ1) is 18.2. The van der Waals surface area contributed by atoms with Crippen LogP contribution < -0.4 is 20.7 Å². The fraction of sp³-hybridized carbons (Fsp3) is 0.643. The molecule has 210 valence electrons. The molecular weight excluding hydrogens is 486 g/mol. The Morgan fingerprint density at radius 1 is 1.16 bits per heavy atom. The van der Waals surface area contributed by atoms with Crippen molar-refractivity contribution in [1.82, 2.24) is 25.8 Å². The average Bonchev–Trinajstić information content (AvgIpc) is 3.36. The van der Waals surface area contributed by atoms with Gasteiger partial charge in [-0.1, -0.05) is 26.0 Å². The summed E-state index contributed by atoms with van der Waals surface area (Å²) >= 11 is 0. The number of nitrogens with one attached hydrogen (secondary N) is 3. The standard InChI is InChI=1S/C28H43N5O5/c1-19(2)16-20-18-38-24-12-6-5-10-21(24)26(35)31-22(27(36)29-13-7-8-14-32(3)4)17-25(34)33-15-9-11-23(33)28(37)30-20/h5-6,10,12,19-20,22-23H,7-9,11,13-18H2,1-4H3,(H,29,36)(H,30,37)(H,31,35)/t20-,22-,23+/m0/s1. The van der Waals surface area contributed by atoms with Gasteiger partial charge in [0.25, 0.3) is 5.91 Å². The molecule has 3 atom stereocenters. The summed E-state index contributed by atoms with van der Waals surface area (Å²) in [5.74, 6) is -0.759. The number of fused-ring (bicyclic) bond motifs is 2. The smallest absolute Gasteiger partial charge is 0.255 e. The summed E-state index contributed by atoms with van der Waals surface area (Å²) < 4.78 is 6.04. The van der Waals surface area contributed by atoms with Gasteiger partial charge in [-0.3, -0.25) is 19.2 Å². The molecule has 1 saturated heterocycles. The maximum Gasteiger partial charge on any atom is 0.255 e. The van der Waals surface area contributed by atoms with Gasteiger partial charge in [-0.15, -0.1) is 0 Å². The normalized spacial score (nSPS) is 22.7. The number of unbranched alkanes of at least 4 members (excludes halogenated alkanes) is 1. The van der Waals surface area contributed by atoms with E-state index in [4.69, 9.17) is 4.74 Å². The third kappa shape index (κ3) is 8.44. The lowest BCUT2D eigenvalue weighted by Crippen LogP contribution is -2.53. The summed E-state index contributed by atoms with van der Waals surface area (Å²) in [5.41, 5.74) is 0.273. The van der Waals surface area contributed by atoms with Gasteiger partial charge in [0.2, 0.25) is 17.7 Å². The van der Waals surface area contributed by atoms with E-state index in [1.807, 2.05) is 14.1 Å². The fourth-order valence-corrected chi connectivity index (χ4v) is 4.97. The van der Waals surface area contributed by atoms with E-state index >= 15 is 0 Å². The van der Waals surface area contributed by atoms with Crippen LogP contribution in [-0.2, 0) is 14.4 Å². The van der Waals surface area contributed by atoms with Gasteiger partial charge in [-0.2, -0.15) is 0 Å². The minimum absolute atomic E-state index is 0.186. The maximum atomic E-state index is 13.4. The van der Waals surface area contributed by atoms with Crippen LogP contribution in [0.1, 0.15) is 62.7 Å². The summed E-state index contributed by atoms with van der Waals surface area (Å²) in [6.07, 6.45) is 3.42. The van der Waals surface area contributed by atoms with Crippen molar-refractivity contribution in [2.24, 2.45) is 5.92 Å². The average molecular weight is 530 g/mol. The molecule has 1 aromatic rings. The van der Waals surface area contributed by atoms with Crippen LogP contribution in [0, 0.1) is 5.92 Å². The second-order valence-electron chi connectivity index (χ2n) is 10.9. The van der Waals surface area contributed by atoms with Crippen molar-refractivity contribution in [3.8, 4) is 5.75 Å². The van der Waals surface area contributed by atoms with Crippen molar-refractivity contribution in [3.05, 3.63) is 29.8 Å². The number of hydrogen-bond donors (Lipinski definition) is 3. The van der Waals surface area contributed by atoms with E-state index in [0.717, 1.165) is 19.4 Å². The van der Waals surface area contributed by atoms with Crippen LogP contribution in [0.15, 0.2) is 24.3 Å². The molecule has 3 rings (SSSR count). The van der Waals surface area contributed by atoms with Crippen LogP contribution in [0.5, 0.6) is 5.75 Å². The largest absolute Gasteiger partial charge is 0.491 e. The van der Waals surface area contributed by atoms with E-state index in [1.54, 1.807) is 29.2 Å². The first kappa shape index (κ1) is 29.4. The molecule has 0 saturated carbocycles. The summed E-state index contributed by atoms with van der Waals surface area (Å²) in [5, 5.41) is 8.71. The van der Waals surface area contributed by atoms with Crippen molar-refractivity contribution in [3.63, 3.8) is 0 Å². The van der Waals surface area contributed by atoms with Gasteiger partial charge in [0.1, 0.15) is 24.4 Å². The third-order valence-corrected chi connectivity index (χ3v) is 6.88. The Bertz CT molecular complexity index is 982. The molecule has 0 bridgehead atoms. The molecule has 2 aliphatic rings. The predicted molar refractivity (Wildman–Crippen MR) is 145 cm³/mol. The van der Waals surface area contributed by atoms with Gasteiger partial charge in [0.05, 0.1) is 18.0 Å². The highest BCUT2D eigenvalue weighted by atomic mass is 16.5. The summed E-state index contributed by atoms with van der Waals surface area (Å²) in [6.45, 7) is 6.11. The number of ether oxygens (including phenoxy) is 1. The topological polar surface area (TPSA) is 120 Å². The van der Waals surface area contributed by atoms with Gasteiger partial charge in [0.15, 0.2) is 0 Å². The molecule has 0 spiro atoms. The SMILES string of the molecule is CC(C)C[C@H]1COc2ccccc2C(=O)N[C@H](C(=O)NCCCCN(C)C)CC(=O)N2CCC[C@@H]2C(=O)N1. The molecule has 1 fully saturated rings. The second kappa shape index (κ2) is 14.1. The fourth-order valence-electron chi connectivity index (χ4n) is 4.97. The number of rotatable bonds is 8. The first-order valence-corrected chi connectivity index (χ1v) is 13.7. The molecular formula is C28H43N5O5. The van der Waals surface area contributed by atoms with Gasteiger partial charge in [-0.25, -0.2) is 0 Å². The number of nitrogens with zero attached hydrogens (tertiary/aromatic N) is 2. The highest BCUT2D eigenvalue weighted by molar-refractivity contribution is 6.01. The number of carbonyl (C=O) groups is 4. The maximum absolute atomic E-state index is 13.4. The minimum atomic E-state index is -1.07. The van der Waals surface area contributed by atoms with Gasteiger partial charge < -0.3 is 30.5 Å². The predicted octanol–water partition coefficient (Wildman–Crippen LogP) is 1.55. The molecule has 10 nitrogen and oxygen atoms in total. The molecule has 0 unspecified atom stereocenters. The highest BCUT2D eigenvalue weighted by Gasteiger charge is 2.37. The van der Waals surface area contributed by atoms with Crippen molar-refractivity contribution >= 4 is 23.6 Å². The molecule has 2 aliphatic heterocycles. The van der Waals surface area contributed by atoms with Crippen molar-refractivity contribution in [2.45, 2.75) is 70.5 Å². The Morgan fingerprint density at radius 2 is 1.92 bits per heavy atom. The number of amides is 4. The zero-order valence-electron chi connectivity index (χ0n) is 23.1. The Hall–Kier alpha value is -3.14. The zero-order valence-corrected chi connectivity index (χ0v) is 23.1. The van der Waals surface area contributed by atoms with Crippen molar-refractivity contribution < 1.29 is 23.9 Å². The number of para-hydroxylation sites is 1. The summed E-state index contributed by atoms with van der Waals surface area (Å²) in [7, 11) is 3.99. The van der Waals surface area contributed by atoms with E-state index in [-0.39, 0.29) is 36.4 Å². The number of carbonyl (C=O) groups excluding carboxylic acids is 4. The van der Waals surface area contributed by atoms with E-state index in [2.05, 4.69) is 34.7 Å². The van der Waals surface area contributed by atoms with Crippen LogP contribution in [0.25, 0.3) is 0 Å². The molecule has 10 heteroatoms. The van der Waals surface area contributed by atoms with Gasteiger partial charge in [0, 0.05) is 13.1 Å². The molecule has 1 aromatic carbocycles. The molecule has 4 amide bonds. The van der Waals surface area contributed by atoms with E-state index < -0.39 is 23.9 Å². The van der Waals surface area contributed by atoms with Crippen LogP contribution in [0.4, 0.5) is 0 Å². The minimum Gasteiger partial charge on any atom is -0.491 e. The highest BCUT2D eigenvalue weighted by Crippen LogP contribution is 2.22. The Balaban J connectivity index is 1.84. The quantitative estimate of drug-likeness (QED) is 0.440. The van der Waals surface area contributed by atoms with E-state index in [0.29, 0.717) is 44.0 Å². The van der Waals surface area contributed by atoms with Crippen LogP contribution in [-0.4, -0.2) is 91.9 Å². The van der Waals surface area contributed by atoms with Crippen molar-refractivity contribution in [1.29, 1.82) is 0 Å². The second-order valence-corrected chi connectivity index (χ2v) is 10.9. The number of benzene rings is 1. The Kier molecular flexibility index (Phi) is 10.9. The molecule has 0 aliphatic carbocycles. The van der Waals surface area contributed by atoms with Crippen LogP contribution in [0.2, 0.25) is 0 Å². The zero-order chi connectivity index (χ0) is 27.7. The van der Waals surface area contributed by atoms with E-state index in [9.17, 15) is 19.2 Å². The number of hydrogen-bond acceptors (Lipinski definition) is 6. The molecule has 0 aromatic heterocycles. The first-order valence-electron chi connectivity index (χ1n) is 13.7. The molecule has 38 heavy (non-hydrogen) atoms. The lowest BCUT2D eigenvalue weighted by Gasteiger charge is -2.29. The van der Waals surface area contributed by atoms with E-state index in [1.165, 1.54) is 0 Å². The Labute approximate surface area is 225 Å². The van der Waals surface area contributed by atoms with Gasteiger partial charge in [-0.05, 0) is 70.8 Å². The molecule has 3 N–H and O–H groups in total.